The highest BCUT2D eigenvalue weighted by Crippen LogP contribution is 2.09. The first-order valence-electron chi connectivity index (χ1n) is 6.63. The van der Waals surface area contributed by atoms with E-state index in [-0.39, 0.29) is 0 Å². The molecule has 0 spiro atoms. The molecule has 0 bridgehead atoms. The molecule has 112 valence electrons. The van der Waals surface area contributed by atoms with E-state index in [1.165, 1.54) is 4.88 Å². The molecule has 0 radical (unpaired) electrons. The molecule has 4 nitrogen and oxygen atoms in total. The van der Waals surface area contributed by atoms with Crippen LogP contribution in [0.5, 0.6) is 0 Å². The number of hydrogen-bond acceptors (Lipinski definition) is 3. The summed E-state index contributed by atoms with van der Waals surface area (Å²) in [7, 11) is -0.941. The van der Waals surface area contributed by atoms with Crippen molar-refractivity contribution >= 4 is 28.1 Å². The van der Waals surface area contributed by atoms with Crippen LogP contribution in [0.4, 0.5) is 0 Å². The lowest BCUT2D eigenvalue weighted by atomic mass is 10.2. The minimum atomic E-state index is -0.941. The van der Waals surface area contributed by atoms with E-state index in [2.05, 4.69) is 21.8 Å². The largest absolute Gasteiger partial charge is 0.370 e. The molecular weight excluding hydrogens is 302 g/mol. The minimum Gasteiger partial charge on any atom is -0.370 e. The van der Waals surface area contributed by atoms with Crippen LogP contribution in [0.25, 0.3) is 0 Å². The Morgan fingerprint density at radius 3 is 2.71 bits per heavy atom. The Labute approximate surface area is 131 Å². The second kappa shape index (κ2) is 7.95. The van der Waals surface area contributed by atoms with Gasteiger partial charge in [-0.3, -0.25) is 4.21 Å². The van der Waals surface area contributed by atoms with Gasteiger partial charge in [-0.15, -0.1) is 11.3 Å². The molecular formula is C15H19N3OS2. The average Bonchev–Trinajstić information content (AvgIpc) is 2.99. The number of thiophene rings is 1. The Kier molecular flexibility index (Phi) is 5.95. The number of aliphatic imine (C=N–C) groups is 1. The summed E-state index contributed by atoms with van der Waals surface area (Å²) in [6, 6.07) is 11.7. The zero-order valence-corrected chi connectivity index (χ0v) is 13.5. The fraction of sp³-hybridized carbons (Fsp3) is 0.267. The van der Waals surface area contributed by atoms with Gasteiger partial charge in [0.1, 0.15) is 0 Å². The van der Waals surface area contributed by atoms with Gasteiger partial charge in [-0.2, -0.15) is 0 Å². The van der Waals surface area contributed by atoms with Crippen LogP contribution in [0, 0.1) is 0 Å². The predicted molar refractivity (Wildman–Crippen MR) is 90.1 cm³/mol. The summed E-state index contributed by atoms with van der Waals surface area (Å²) in [5.74, 6) is 0.453. The van der Waals surface area contributed by atoms with Crippen LogP contribution in [0.1, 0.15) is 10.4 Å². The number of benzene rings is 1. The number of guanidine groups is 1. The van der Waals surface area contributed by atoms with E-state index in [1.807, 2.05) is 30.3 Å². The van der Waals surface area contributed by atoms with Crippen LogP contribution in [0.15, 0.2) is 51.7 Å². The minimum absolute atomic E-state index is 0.453. The fourth-order valence-corrected chi connectivity index (χ4v) is 3.02. The summed E-state index contributed by atoms with van der Waals surface area (Å²) in [4.78, 5) is 6.45. The van der Waals surface area contributed by atoms with E-state index in [0.29, 0.717) is 12.5 Å². The van der Waals surface area contributed by atoms with Crippen molar-refractivity contribution in [2.45, 2.75) is 17.9 Å². The third-order valence-electron chi connectivity index (χ3n) is 2.94. The molecule has 0 amide bonds. The van der Waals surface area contributed by atoms with Crippen LogP contribution in [0.3, 0.4) is 0 Å². The topological polar surface area (TPSA) is 67.5 Å². The van der Waals surface area contributed by atoms with Crippen LogP contribution in [0.2, 0.25) is 0 Å². The van der Waals surface area contributed by atoms with Crippen molar-refractivity contribution in [1.82, 2.24) is 5.32 Å². The zero-order valence-electron chi connectivity index (χ0n) is 11.9. The first-order valence-corrected chi connectivity index (χ1v) is 9.07. The fourth-order valence-electron chi connectivity index (χ4n) is 1.79. The maximum absolute atomic E-state index is 11.3. The van der Waals surface area contributed by atoms with Gasteiger partial charge >= 0.3 is 0 Å². The molecule has 21 heavy (non-hydrogen) atoms. The van der Waals surface area contributed by atoms with E-state index in [4.69, 9.17) is 5.73 Å². The molecule has 0 fully saturated rings. The Hall–Kier alpha value is -1.66. The highest BCUT2D eigenvalue weighted by molar-refractivity contribution is 7.84. The lowest BCUT2D eigenvalue weighted by Gasteiger charge is -2.05. The first-order chi connectivity index (χ1) is 10.1. The third kappa shape index (κ3) is 5.32. The second-order valence-corrected chi connectivity index (χ2v) is 6.97. The maximum Gasteiger partial charge on any atom is 0.188 e. The van der Waals surface area contributed by atoms with E-state index in [9.17, 15) is 4.21 Å². The summed E-state index contributed by atoms with van der Waals surface area (Å²) in [6.07, 6.45) is 2.62. The molecule has 1 heterocycles. The lowest BCUT2D eigenvalue weighted by molar-refractivity contribution is 0.687. The number of nitrogens with two attached hydrogens (primary N) is 1. The van der Waals surface area contributed by atoms with Crippen molar-refractivity contribution in [3.05, 3.63) is 52.2 Å². The van der Waals surface area contributed by atoms with Crippen LogP contribution < -0.4 is 11.1 Å². The molecule has 0 aliphatic rings. The van der Waals surface area contributed by atoms with Gasteiger partial charge in [0.15, 0.2) is 5.96 Å². The molecule has 0 saturated heterocycles. The third-order valence-corrected chi connectivity index (χ3v) is 4.82. The standard InChI is InChI=1S/C15H19N3OS2/c1-21(19)14-6-4-12(5-7-14)11-18-15(16)17-9-8-13-3-2-10-20-13/h2-7,10H,8-9,11H2,1H3,(H3,16,17,18). The summed E-state index contributed by atoms with van der Waals surface area (Å²) in [5.41, 5.74) is 6.88. The predicted octanol–water partition coefficient (Wildman–Crippen LogP) is 2.13. The molecule has 0 aliphatic heterocycles. The van der Waals surface area contributed by atoms with Gasteiger partial charge in [-0.1, -0.05) is 18.2 Å². The van der Waals surface area contributed by atoms with Crippen molar-refractivity contribution in [3.63, 3.8) is 0 Å². The average molecular weight is 321 g/mol. The molecule has 1 unspecified atom stereocenters. The number of hydrogen-bond donors (Lipinski definition) is 2. The molecule has 1 atom stereocenters. The molecule has 1 aromatic carbocycles. The number of nitrogens with zero attached hydrogens (tertiary/aromatic N) is 1. The quantitative estimate of drug-likeness (QED) is 0.633. The molecule has 0 aliphatic carbocycles. The van der Waals surface area contributed by atoms with Gasteiger partial charge < -0.3 is 11.1 Å². The smallest absolute Gasteiger partial charge is 0.188 e. The van der Waals surface area contributed by atoms with E-state index < -0.39 is 10.8 Å². The second-order valence-electron chi connectivity index (χ2n) is 4.56. The molecule has 3 N–H and O–H groups in total. The van der Waals surface area contributed by atoms with Crippen molar-refractivity contribution in [1.29, 1.82) is 0 Å². The zero-order chi connectivity index (χ0) is 15.1. The van der Waals surface area contributed by atoms with E-state index in [0.717, 1.165) is 23.4 Å². The maximum atomic E-state index is 11.3. The SMILES string of the molecule is CS(=O)c1ccc(CN=C(N)NCCc2cccs2)cc1. The van der Waals surface area contributed by atoms with Gasteiger partial charge in [0.05, 0.1) is 6.54 Å². The van der Waals surface area contributed by atoms with Gasteiger partial charge in [0.2, 0.25) is 0 Å². The Balaban J connectivity index is 1.78. The van der Waals surface area contributed by atoms with E-state index >= 15 is 0 Å². The Bertz CT molecular complexity index is 606. The highest BCUT2D eigenvalue weighted by Gasteiger charge is 1.98. The molecule has 0 saturated carbocycles. The summed E-state index contributed by atoms with van der Waals surface area (Å²) < 4.78 is 11.3. The number of rotatable bonds is 6. The van der Waals surface area contributed by atoms with Crippen molar-refractivity contribution in [2.75, 3.05) is 12.8 Å². The lowest BCUT2D eigenvalue weighted by Crippen LogP contribution is -2.33. The number of nitrogens with one attached hydrogen (secondary N) is 1. The van der Waals surface area contributed by atoms with E-state index in [1.54, 1.807) is 17.6 Å². The molecule has 1 aromatic heterocycles. The summed E-state index contributed by atoms with van der Waals surface area (Å²) in [6.45, 7) is 1.30. The Morgan fingerprint density at radius 1 is 1.33 bits per heavy atom. The van der Waals surface area contributed by atoms with Crippen molar-refractivity contribution in [3.8, 4) is 0 Å². The van der Waals surface area contributed by atoms with Gasteiger partial charge in [-0.25, -0.2) is 4.99 Å². The van der Waals surface area contributed by atoms with Crippen LogP contribution in [-0.2, 0) is 23.8 Å². The van der Waals surface area contributed by atoms with Crippen molar-refractivity contribution in [2.24, 2.45) is 10.7 Å². The molecule has 6 heteroatoms. The normalized spacial score (nSPS) is 13.1. The first kappa shape index (κ1) is 15.7. The highest BCUT2D eigenvalue weighted by atomic mass is 32.2. The Morgan fingerprint density at radius 2 is 2.10 bits per heavy atom. The molecule has 2 aromatic rings. The summed E-state index contributed by atoms with van der Waals surface area (Å²) >= 11 is 1.74. The van der Waals surface area contributed by atoms with Crippen LogP contribution >= 0.6 is 11.3 Å². The van der Waals surface area contributed by atoms with Crippen molar-refractivity contribution < 1.29 is 4.21 Å². The van der Waals surface area contributed by atoms with Crippen LogP contribution in [-0.4, -0.2) is 23.0 Å². The van der Waals surface area contributed by atoms with Gasteiger partial charge in [0, 0.05) is 33.4 Å². The molecule has 2 rings (SSSR count). The van der Waals surface area contributed by atoms with Gasteiger partial charge in [0.25, 0.3) is 0 Å². The van der Waals surface area contributed by atoms with Gasteiger partial charge in [-0.05, 0) is 35.6 Å². The monoisotopic (exact) mass is 321 g/mol. The summed E-state index contributed by atoms with van der Waals surface area (Å²) in [5, 5.41) is 5.18.